The van der Waals surface area contributed by atoms with Crippen molar-refractivity contribution in [3.63, 3.8) is 0 Å². The summed E-state index contributed by atoms with van der Waals surface area (Å²) in [5.41, 5.74) is 6.83. The van der Waals surface area contributed by atoms with Crippen molar-refractivity contribution in [2.45, 2.75) is 6.54 Å². The van der Waals surface area contributed by atoms with E-state index in [1.807, 2.05) is 12.1 Å². The van der Waals surface area contributed by atoms with Gasteiger partial charge in [-0.2, -0.15) is 5.10 Å². The van der Waals surface area contributed by atoms with Gasteiger partial charge in [-0.15, -0.1) is 0 Å². The van der Waals surface area contributed by atoms with E-state index in [9.17, 15) is 0 Å². The van der Waals surface area contributed by atoms with Gasteiger partial charge in [-0.25, -0.2) is 9.67 Å². The molecule has 0 radical (unpaired) electrons. The van der Waals surface area contributed by atoms with Crippen LogP contribution in [0.2, 0.25) is 0 Å². The predicted molar refractivity (Wildman–Crippen MR) is 64.2 cm³/mol. The van der Waals surface area contributed by atoms with E-state index in [1.165, 1.54) is 0 Å². The van der Waals surface area contributed by atoms with Gasteiger partial charge in [-0.05, 0) is 21.5 Å². The van der Waals surface area contributed by atoms with E-state index < -0.39 is 0 Å². The summed E-state index contributed by atoms with van der Waals surface area (Å²) in [6.07, 6.45) is 3.42. The number of anilines is 1. The van der Waals surface area contributed by atoms with Gasteiger partial charge in [0.15, 0.2) is 0 Å². The van der Waals surface area contributed by atoms with Crippen molar-refractivity contribution in [2.24, 2.45) is 0 Å². The van der Waals surface area contributed by atoms with Crippen LogP contribution in [0.25, 0.3) is 0 Å². The first-order valence-electron chi connectivity index (χ1n) is 4.66. The Bertz CT molecular complexity index is 480. The van der Waals surface area contributed by atoms with Crippen molar-refractivity contribution < 1.29 is 4.74 Å². The molecule has 0 aliphatic rings. The van der Waals surface area contributed by atoms with Crippen LogP contribution in [0.3, 0.4) is 0 Å². The van der Waals surface area contributed by atoms with Gasteiger partial charge in [-0.1, -0.05) is 6.07 Å². The quantitative estimate of drug-likeness (QED) is 0.930. The minimum atomic E-state index is 0.592. The Morgan fingerprint density at radius 3 is 2.75 bits per heavy atom. The molecule has 5 nitrogen and oxygen atoms in total. The zero-order valence-electron chi connectivity index (χ0n) is 8.72. The largest absolute Gasteiger partial charge is 0.481 e. The molecule has 6 heteroatoms. The zero-order chi connectivity index (χ0) is 11.5. The van der Waals surface area contributed by atoms with Gasteiger partial charge in [0.25, 0.3) is 0 Å². The first kappa shape index (κ1) is 10.9. The molecule has 84 valence electrons. The molecule has 2 N–H and O–H groups in total. The van der Waals surface area contributed by atoms with Crippen molar-refractivity contribution in [1.29, 1.82) is 0 Å². The van der Waals surface area contributed by atoms with Crippen LogP contribution in [0.15, 0.2) is 29.0 Å². The lowest BCUT2D eigenvalue weighted by Gasteiger charge is -2.04. The van der Waals surface area contributed by atoms with E-state index in [0.29, 0.717) is 18.2 Å². The van der Waals surface area contributed by atoms with E-state index in [1.54, 1.807) is 24.2 Å². The van der Waals surface area contributed by atoms with Gasteiger partial charge in [0.05, 0.1) is 24.3 Å². The lowest BCUT2D eigenvalue weighted by Crippen LogP contribution is -2.06. The van der Waals surface area contributed by atoms with Crippen molar-refractivity contribution in [1.82, 2.24) is 14.8 Å². The number of hydrogen-bond donors (Lipinski definition) is 1. The van der Waals surface area contributed by atoms with E-state index in [4.69, 9.17) is 10.5 Å². The molecule has 0 amide bonds. The third-order valence-electron chi connectivity index (χ3n) is 2.17. The lowest BCUT2D eigenvalue weighted by atomic mass is 10.3. The Kier molecular flexibility index (Phi) is 3.09. The molecule has 0 spiro atoms. The Morgan fingerprint density at radius 2 is 2.25 bits per heavy atom. The number of aromatic nitrogens is 3. The summed E-state index contributed by atoms with van der Waals surface area (Å²) >= 11 is 3.31. The third-order valence-corrected chi connectivity index (χ3v) is 2.78. The summed E-state index contributed by atoms with van der Waals surface area (Å²) in [5.74, 6) is 1.20. The molecule has 0 saturated heterocycles. The van der Waals surface area contributed by atoms with Crippen LogP contribution in [-0.2, 0) is 6.54 Å². The summed E-state index contributed by atoms with van der Waals surface area (Å²) in [4.78, 5) is 4.11. The lowest BCUT2D eigenvalue weighted by molar-refractivity contribution is 0.397. The maximum atomic E-state index is 5.81. The molecular weight excluding hydrogens is 272 g/mol. The molecule has 0 fully saturated rings. The van der Waals surface area contributed by atoms with E-state index in [-0.39, 0.29) is 0 Å². The Morgan fingerprint density at radius 1 is 1.44 bits per heavy atom. The molecule has 0 aliphatic heterocycles. The second kappa shape index (κ2) is 4.52. The van der Waals surface area contributed by atoms with Gasteiger partial charge in [0.1, 0.15) is 5.82 Å². The maximum absolute atomic E-state index is 5.81. The Hall–Kier alpha value is -1.56. The van der Waals surface area contributed by atoms with Gasteiger partial charge in [0.2, 0.25) is 5.88 Å². The van der Waals surface area contributed by atoms with E-state index >= 15 is 0 Å². The number of halogens is 1. The first-order chi connectivity index (χ1) is 7.70. The van der Waals surface area contributed by atoms with Crippen LogP contribution in [0.1, 0.15) is 5.56 Å². The minimum absolute atomic E-state index is 0.592. The fourth-order valence-electron chi connectivity index (χ4n) is 1.30. The Labute approximate surface area is 101 Å². The number of nitrogen functional groups attached to an aromatic ring is 1. The number of nitrogens with zero attached hydrogens (tertiary/aromatic N) is 3. The first-order valence-corrected chi connectivity index (χ1v) is 5.45. The second-order valence-electron chi connectivity index (χ2n) is 3.24. The smallest absolute Gasteiger partial charge is 0.212 e. The number of pyridine rings is 1. The molecule has 2 rings (SSSR count). The fraction of sp³-hybridized carbons (Fsp3) is 0.200. The number of rotatable bonds is 3. The highest BCUT2D eigenvalue weighted by Gasteiger charge is 2.05. The Balaban J connectivity index is 2.17. The molecular formula is C10H11BrN4O. The number of hydrogen-bond acceptors (Lipinski definition) is 4. The number of methoxy groups -OCH3 is 1. The predicted octanol–water partition coefficient (Wildman–Crippen LogP) is 1.68. The molecule has 0 aromatic carbocycles. The van der Waals surface area contributed by atoms with Crippen LogP contribution in [0.5, 0.6) is 5.88 Å². The topological polar surface area (TPSA) is 66.0 Å². The van der Waals surface area contributed by atoms with Crippen molar-refractivity contribution in [3.8, 4) is 5.88 Å². The molecule has 0 saturated carbocycles. The van der Waals surface area contributed by atoms with Crippen molar-refractivity contribution in [2.75, 3.05) is 12.8 Å². The third kappa shape index (κ3) is 2.16. The number of nitrogens with two attached hydrogens (primary N) is 1. The van der Waals surface area contributed by atoms with Crippen LogP contribution >= 0.6 is 15.9 Å². The van der Waals surface area contributed by atoms with Crippen LogP contribution in [0.4, 0.5) is 5.82 Å². The second-order valence-corrected chi connectivity index (χ2v) is 4.10. The molecule has 0 bridgehead atoms. The summed E-state index contributed by atoms with van der Waals surface area (Å²) in [7, 11) is 1.59. The molecule has 0 aliphatic carbocycles. The van der Waals surface area contributed by atoms with Crippen LogP contribution in [0, 0.1) is 0 Å². The monoisotopic (exact) mass is 282 g/mol. The van der Waals surface area contributed by atoms with Crippen LogP contribution < -0.4 is 10.5 Å². The summed E-state index contributed by atoms with van der Waals surface area (Å²) in [5, 5.41) is 4.14. The molecule has 2 aromatic rings. The molecule has 0 atom stereocenters. The van der Waals surface area contributed by atoms with Gasteiger partial charge in [-0.3, -0.25) is 0 Å². The van der Waals surface area contributed by atoms with Gasteiger partial charge >= 0.3 is 0 Å². The standard InChI is InChI=1S/C10H11BrN4O/c1-16-9-3-2-7(4-13-9)6-15-10(12)8(11)5-14-15/h2-5H,6,12H2,1H3. The fourth-order valence-corrected chi connectivity index (χ4v) is 1.59. The normalized spacial score (nSPS) is 10.4. The van der Waals surface area contributed by atoms with Gasteiger partial charge in [0, 0.05) is 12.3 Å². The maximum Gasteiger partial charge on any atom is 0.212 e. The highest BCUT2D eigenvalue weighted by Crippen LogP contribution is 2.19. The average Bonchev–Trinajstić information content (AvgIpc) is 2.62. The van der Waals surface area contributed by atoms with Gasteiger partial charge < -0.3 is 10.5 Å². The summed E-state index contributed by atoms with van der Waals surface area (Å²) in [6.45, 7) is 0.592. The summed E-state index contributed by atoms with van der Waals surface area (Å²) in [6, 6.07) is 3.74. The minimum Gasteiger partial charge on any atom is -0.481 e. The van der Waals surface area contributed by atoms with E-state index in [0.717, 1.165) is 10.0 Å². The van der Waals surface area contributed by atoms with Crippen molar-refractivity contribution >= 4 is 21.7 Å². The molecule has 2 aromatic heterocycles. The average molecular weight is 283 g/mol. The molecule has 16 heavy (non-hydrogen) atoms. The van der Waals surface area contributed by atoms with Crippen LogP contribution in [-0.4, -0.2) is 21.9 Å². The van der Waals surface area contributed by atoms with Crippen molar-refractivity contribution in [3.05, 3.63) is 34.6 Å². The highest BCUT2D eigenvalue weighted by atomic mass is 79.9. The SMILES string of the molecule is COc1ccc(Cn2ncc(Br)c2N)cn1. The highest BCUT2D eigenvalue weighted by molar-refractivity contribution is 9.10. The zero-order valence-corrected chi connectivity index (χ0v) is 10.3. The number of ether oxygens (including phenoxy) is 1. The molecule has 2 heterocycles. The summed E-state index contributed by atoms with van der Waals surface area (Å²) < 4.78 is 7.48. The van der Waals surface area contributed by atoms with E-state index in [2.05, 4.69) is 26.0 Å². The molecule has 0 unspecified atom stereocenters.